The van der Waals surface area contributed by atoms with E-state index < -0.39 is 0 Å². The minimum atomic E-state index is -0.379. The smallest absolute Gasteiger partial charge is 0.225 e. The van der Waals surface area contributed by atoms with Crippen molar-refractivity contribution in [1.29, 1.82) is 0 Å². The number of nitrogens with one attached hydrogen (secondary N) is 1. The fraction of sp³-hybridized carbons (Fsp3) is 0.556. The molecule has 5 rings (SSSR count). The zero-order chi connectivity index (χ0) is 26.0. The summed E-state index contributed by atoms with van der Waals surface area (Å²) in [5.74, 6) is 2.12. The molecular weight excluding hydrogens is 472 g/mol. The number of carbonyl (C=O) groups is 1. The van der Waals surface area contributed by atoms with Crippen LogP contribution in [-0.4, -0.2) is 79.2 Å². The Hall–Kier alpha value is -3.24. The number of nitrogens with zero attached hydrogens (tertiary/aromatic N) is 5. The van der Waals surface area contributed by atoms with E-state index in [1.165, 1.54) is 0 Å². The molecule has 1 aliphatic carbocycles. The van der Waals surface area contributed by atoms with Crippen LogP contribution in [0.4, 0.5) is 5.95 Å². The van der Waals surface area contributed by atoms with Crippen LogP contribution >= 0.6 is 0 Å². The first-order chi connectivity index (χ1) is 17.8. The van der Waals surface area contributed by atoms with E-state index in [2.05, 4.69) is 15.4 Å². The highest BCUT2D eigenvalue weighted by atomic mass is 16.5. The minimum Gasteiger partial charge on any atom is -0.492 e. The monoisotopic (exact) mass is 508 g/mol. The number of hydrogen-bond donors (Lipinski definition) is 3. The van der Waals surface area contributed by atoms with Crippen molar-refractivity contribution in [2.24, 2.45) is 11.3 Å². The number of hydrogen-bond acceptors (Lipinski definition) is 8. The van der Waals surface area contributed by atoms with E-state index >= 15 is 0 Å². The number of rotatable bonds is 8. The van der Waals surface area contributed by atoms with Crippen molar-refractivity contribution < 1.29 is 19.7 Å². The summed E-state index contributed by atoms with van der Waals surface area (Å²) in [5.41, 5.74) is 0.532. The molecule has 2 aromatic heterocycles. The summed E-state index contributed by atoms with van der Waals surface area (Å²) in [5, 5.41) is 28.1. The first-order valence-electron chi connectivity index (χ1n) is 13.1. The van der Waals surface area contributed by atoms with Gasteiger partial charge in [0.1, 0.15) is 5.75 Å². The molecule has 3 aromatic rings. The summed E-state index contributed by atoms with van der Waals surface area (Å²) < 4.78 is 7.78. The number of aliphatic hydroxyl groups excluding tert-OH is 2. The fourth-order valence-electron chi connectivity index (χ4n) is 5.06. The lowest BCUT2D eigenvalue weighted by atomic mass is 9.85. The molecule has 1 aliphatic heterocycles. The van der Waals surface area contributed by atoms with Crippen LogP contribution in [0.15, 0.2) is 36.7 Å². The standard InChI is InChI=1S/C27H36N6O4/c1-27(2,16-34)17-37-23-5-3-4-22-21(23)14-29-33(22)24-10-12-28-26(31-24)30-19-8-6-18(7-9-19)25(36)32-13-11-20(35)15-32/h3-5,10,12,14,18-20,34-35H,6-9,11,13,15-17H2,1-2H3,(H,28,30,31)/t18?,19?,20-/m1/s1. The van der Waals surface area contributed by atoms with E-state index in [0.29, 0.717) is 43.6 Å². The van der Waals surface area contributed by atoms with E-state index in [1.54, 1.807) is 17.1 Å². The average molecular weight is 509 g/mol. The van der Waals surface area contributed by atoms with Gasteiger partial charge in [0, 0.05) is 42.7 Å². The highest BCUT2D eigenvalue weighted by Crippen LogP contribution is 2.30. The molecule has 1 aromatic carbocycles. The summed E-state index contributed by atoms with van der Waals surface area (Å²) in [4.78, 5) is 23.7. The van der Waals surface area contributed by atoms with Gasteiger partial charge in [0.05, 0.1) is 36.4 Å². The Morgan fingerprint density at radius 1 is 1.19 bits per heavy atom. The zero-order valence-electron chi connectivity index (χ0n) is 21.5. The van der Waals surface area contributed by atoms with E-state index in [4.69, 9.17) is 9.72 Å². The van der Waals surface area contributed by atoms with Gasteiger partial charge < -0.3 is 25.2 Å². The quantitative estimate of drug-likeness (QED) is 0.424. The summed E-state index contributed by atoms with van der Waals surface area (Å²) in [6.45, 7) is 5.47. The van der Waals surface area contributed by atoms with Gasteiger partial charge in [0.15, 0.2) is 5.82 Å². The van der Waals surface area contributed by atoms with Crippen LogP contribution in [0.25, 0.3) is 16.7 Å². The molecule has 10 nitrogen and oxygen atoms in total. The molecule has 0 spiro atoms. The van der Waals surface area contributed by atoms with Gasteiger partial charge in [0.2, 0.25) is 11.9 Å². The number of carbonyl (C=O) groups excluding carboxylic acids is 1. The van der Waals surface area contributed by atoms with Crippen LogP contribution in [0.5, 0.6) is 5.75 Å². The lowest BCUT2D eigenvalue weighted by Gasteiger charge is -2.30. The van der Waals surface area contributed by atoms with Crippen LogP contribution in [-0.2, 0) is 4.79 Å². The van der Waals surface area contributed by atoms with Gasteiger partial charge in [-0.25, -0.2) is 9.67 Å². The van der Waals surface area contributed by atoms with Gasteiger partial charge >= 0.3 is 0 Å². The predicted octanol–water partition coefficient (Wildman–Crippen LogP) is 2.78. The Bertz CT molecular complexity index is 1240. The number of anilines is 1. The summed E-state index contributed by atoms with van der Waals surface area (Å²) in [6.07, 6.45) is 7.17. The number of likely N-dealkylation sites (tertiary alicyclic amines) is 1. The molecule has 0 radical (unpaired) electrons. The van der Waals surface area contributed by atoms with Gasteiger partial charge in [-0.2, -0.15) is 10.1 Å². The topological polar surface area (TPSA) is 126 Å². The van der Waals surface area contributed by atoms with Crippen LogP contribution in [0.1, 0.15) is 46.0 Å². The number of ether oxygens (including phenoxy) is 1. The second-order valence-electron chi connectivity index (χ2n) is 11.0. The molecule has 0 bridgehead atoms. The van der Waals surface area contributed by atoms with Crippen molar-refractivity contribution in [1.82, 2.24) is 24.6 Å². The van der Waals surface area contributed by atoms with E-state index in [-0.39, 0.29) is 36.0 Å². The van der Waals surface area contributed by atoms with Gasteiger partial charge in [-0.1, -0.05) is 19.9 Å². The lowest BCUT2D eigenvalue weighted by molar-refractivity contribution is -0.135. The summed E-state index contributed by atoms with van der Waals surface area (Å²) in [7, 11) is 0. The Balaban J connectivity index is 1.24. The number of fused-ring (bicyclic) bond motifs is 1. The maximum Gasteiger partial charge on any atom is 0.225 e. The third-order valence-corrected chi connectivity index (χ3v) is 7.36. The highest BCUT2D eigenvalue weighted by Gasteiger charge is 2.33. The van der Waals surface area contributed by atoms with Crippen LogP contribution in [0.3, 0.4) is 0 Å². The highest BCUT2D eigenvalue weighted by molar-refractivity contribution is 5.86. The number of aliphatic hydroxyl groups is 2. The third kappa shape index (κ3) is 5.70. The molecule has 1 amide bonds. The summed E-state index contributed by atoms with van der Waals surface area (Å²) >= 11 is 0. The average Bonchev–Trinajstić information content (AvgIpc) is 3.54. The molecule has 3 heterocycles. The van der Waals surface area contributed by atoms with Gasteiger partial charge in [0.25, 0.3) is 0 Å². The van der Waals surface area contributed by atoms with Gasteiger partial charge in [-0.15, -0.1) is 0 Å². The van der Waals surface area contributed by atoms with E-state index in [0.717, 1.165) is 36.6 Å². The van der Waals surface area contributed by atoms with Crippen LogP contribution < -0.4 is 10.1 Å². The molecular formula is C27H36N6O4. The van der Waals surface area contributed by atoms with Crippen molar-refractivity contribution in [3.63, 3.8) is 0 Å². The Kier molecular flexibility index (Phi) is 7.30. The first kappa shape index (κ1) is 25.4. The number of aromatic nitrogens is 4. The largest absolute Gasteiger partial charge is 0.492 e. The van der Waals surface area contributed by atoms with E-state index in [1.807, 2.05) is 43.0 Å². The Labute approximate surface area is 216 Å². The molecule has 3 N–H and O–H groups in total. The maximum absolute atomic E-state index is 12.8. The fourth-order valence-corrected chi connectivity index (χ4v) is 5.06. The second-order valence-corrected chi connectivity index (χ2v) is 11.0. The Morgan fingerprint density at radius 3 is 2.73 bits per heavy atom. The molecule has 2 aliphatic rings. The van der Waals surface area contributed by atoms with Gasteiger partial charge in [-0.3, -0.25) is 4.79 Å². The predicted molar refractivity (Wildman–Crippen MR) is 140 cm³/mol. The van der Waals surface area contributed by atoms with Crippen molar-refractivity contribution in [2.45, 2.75) is 58.1 Å². The Morgan fingerprint density at radius 2 is 2.00 bits per heavy atom. The molecule has 37 heavy (non-hydrogen) atoms. The lowest BCUT2D eigenvalue weighted by Crippen LogP contribution is -2.38. The molecule has 0 unspecified atom stereocenters. The SMILES string of the molecule is CC(C)(CO)COc1cccc2c1cnn2-c1ccnc(NC2CCC(C(=O)N3CC[C@@H](O)C3)CC2)n1. The van der Waals surface area contributed by atoms with Crippen molar-refractivity contribution in [3.05, 3.63) is 36.7 Å². The third-order valence-electron chi connectivity index (χ3n) is 7.36. The molecule has 1 saturated carbocycles. The van der Waals surface area contributed by atoms with Crippen LogP contribution in [0.2, 0.25) is 0 Å². The molecule has 1 atom stereocenters. The molecule has 1 saturated heterocycles. The maximum atomic E-state index is 12.8. The van der Waals surface area contributed by atoms with Crippen molar-refractivity contribution in [3.8, 4) is 11.6 Å². The first-order valence-corrected chi connectivity index (χ1v) is 13.1. The molecule has 2 fully saturated rings. The number of β-amino-alcohol motifs (C(OH)–C–C–N with tert-alkyl or cyclic N) is 1. The second kappa shape index (κ2) is 10.6. The van der Waals surface area contributed by atoms with Crippen LogP contribution in [0, 0.1) is 11.3 Å². The summed E-state index contributed by atoms with van der Waals surface area (Å²) in [6, 6.07) is 7.82. The van der Waals surface area contributed by atoms with Crippen molar-refractivity contribution in [2.75, 3.05) is 31.6 Å². The molecule has 10 heteroatoms. The normalized spacial score (nSPS) is 22.4. The number of benzene rings is 1. The number of amides is 1. The minimum absolute atomic E-state index is 0.0328. The van der Waals surface area contributed by atoms with Crippen molar-refractivity contribution >= 4 is 22.8 Å². The van der Waals surface area contributed by atoms with E-state index in [9.17, 15) is 15.0 Å². The van der Waals surface area contributed by atoms with Gasteiger partial charge in [-0.05, 0) is 44.2 Å². The zero-order valence-corrected chi connectivity index (χ0v) is 21.5. The molecule has 198 valence electrons.